The zero-order valence-electron chi connectivity index (χ0n) is 14.9. The van der Waals surface area contributed by atoms with E-state index in [1.807, 2.05) is 30.5 Å². The van der Waals surface area contributed by atoms with Crippen LogP contribution in [0, 0.1) is 17.0 Å². The van der Waals surface area contributed by atoms with Crippen molar-refractivity contribution < 1.29 is 19.2 Å². The van der Waals surface area contributed by atoms with Gasteiger partial charge >= 0.3 is 5.97 Å². The van der Waals surface area contributed by atoms with Crippen LogP contribution in [-0.4, -0.2) is 15.9 Å². The van der Waals surface area contributed by atoms with Gasteiger partial charge in [-0.15, -0.1) is 11.3 Å². The molecule has 8 heteroatoms. The Morgan fingerprint density at radius 3 is 2.64 bits per heavy atom. The predicted molar refractivity (Wildman–Crippen MR) is 105 cm³/mol. The van der Waals surface area contributed by atoms with Crippen LogP contribution in [-0.2, 0) is 11.4 Å². The Kier molecular flexibility index (Phi) is 6.13. The van der Waals surface area contributed by atoms with Crippen molar-refractivity contribution in [1.29, 1.82) is 0 Å². The lowest BCUT2D eigenvalue weighted by Gasteiger charge is -2.07. The topological polar surface area (TPSA) is 91.6 Å². The van der Waals surface area contributed by atoms with Gasteiger partial charge in [0.25, 0.3) is 5.69 Å². The first-order valence-electron chi connectivity index (χ1n) is 8.28. The molecule has 0 aliphatic carbocycles. The summed E-state index contributed by atoms with van der Waals surface area (Å²) >= 11 is 1.56. The number of hydrogen-bond acceptors (Lipinski definition) is 7. The second kappa shape index (κ2) is 8.92. The van der Waals surface area contributed by atoms with Crippen molar-refractivity contribution in [2.45, 2.75) is 13.5 Å². The fraction of sp³-hybridized carbons (Fsp3) is 0.100. The summed E-state index contributed by atoms with van der Waals surface area (Å²) in [6, 6.07) is 12.6. The van der Waals surface area contributed by atoms with Crippen molar-refractivity contribution in [1.82, 2.24) is 4.98 Å². The number of nitro benzene ring substituents is 1. The van der Waals surface area contributed by atoms with Crippen LogP contribution in [0.2, 0.25) is 0 Å². The molecule has 1 aromatic heterocycles. The van der Waals surface area contributed by atoms with Crippen molar-refractivity contribution in [2.24, 2.45) is 0 Å². The van der Waals surface area contributed by atoms with Crippen LogP contribution < -0.4 is 9.47 Å². The zero-order chi connectivity index (χ0) is 19.9. The van der Waals surface area contributed by atoms with Crippen LogP contribution in [0.4, 0.5) is 5.69 Å². The normalized spacial score (nSPS) is 10.8. The second-order valence-corrected chi connectivity index (χ2v) is 6.75. The average Bonchev–Trinajstić information content (AvgIpc) is 3.11. The predicted octanol–water partition coefficient (Wildman–Crippen LogP) is 4.56. The average molecular weight is 396 g/mol. The maximum absolute atomic E-state index is 12.0. The number of hydrogen-bond donors (Lipinski definition) is 0. The molecule has 3 aromatic rings. The van der Waals surface area contributed by atoms with Gasteiger partial charge in [0.15, 0.2) is 0 Å². The van der Waals surface area contributed by atoms with E-state index in [-0.39, 0.29) is 11.4 Å². The number of nitrogens with zero attached hydrogens (tertiary/aromatic N) is 2. The molecule has 0 fully saturated rings. The first-order chi connectivity index (χ1) is 13.5. The maximum Gasteiger partial charge on any atom is 0.336 e. The SMILES string of the molecule is Cc1nc(COc2ccccc2/C=C/C(=O)Oc2ccc([N+](=O)[O-])cc2)cs1. The Morgan fingerprint density at radius 2 is 1.96 bits per heavy atom. The van der Waals surface area contributed by atoms with Gasteiger partial charge in [-0.05, 0) is 31.2 Å². The lowest BCUT2D eigenvalue weighted by atomic mass is 10.2. The van der Waals surface area contributed by atoms with Crippen molar-refractivity contribution in [2.75, 3.05) is 0 Å². The van der Waals surface area contributed by atoms with Crippen molar-refractivity contribution in [3.05, 3.63) is 86.4 Å². The first-order valence-corrected chi connectivity index (χ1v) is 9.16. The fourth-order valence-electron chi connectivity index (χ4n) is 2.32. The smallest absolute Gasteiger partial charge is 0.336 e. The molecule has 0 radical (unpaired) electrons. The van der Waals surface area contributed by atoms with Crippen LogP contribution in [0.3, 0.4) is 0 Å². The van der Waals surface area contributed by atoms with E-state index in [0.29, 0.717) is 12.4 Å². The summed E-state index contributed by atoms with van der Waals surface area (Å²) in [7, 11) is 0. The van der Waals surface area contributed by atoms with E-state index >= 15 is 0 Å². The molecule has 2 aromatic carbocycles. The quantitative estimate of drug-likeness (QED) is 0.191. The molecule has 0 bridgehead atoms. The fourth-order valence-corrected chi connectivity index (χ4v) is 2.92. The third-order valence-electron chi connectivity index (χ3n) is 3.63. The minimum absolute atomic E-state index is 0.0725. The van der Waals surface area contributed by atoms with Gasteiger partial charge in [-0.2, -0.15) is 0 Å². The number of non-ortho nitro benzene ring substituents is 1. The molecular weight excluding hydrogens is 380 g/mol. The van der Waals surface area contributed by atoms with E-state index in [1.165, 1.54) is 30.3 Å². The molecule has 3 rings (SSSR count). The van der Waals surface area contributed by atoms with Gasteiger partial charge in [0, 0.05) is 29.2 Å². The highest BCUT2D eigenvalue weighted by Crippen LogP contribution is 2.22. The molecule has 0 aliphatic heterocycles. The number of thiazole rings is 1. The largest absolute Gasteiger partial charge is 0.487 e. The van der Waals surface area contributed by atoms with Gasteiger partial charge in [-0.1, -0.05) is 18.2 Å². The summed E-state index contributed by atoms with van der Waals surface area (Å²) in [6.45, 7) is 2.27. The van der Waals surface area contributed by atoms with Crippen LogP contribution in [0.5, 0.6) is 11.5 Å². The molecule has 0 N–H and O–H groups in total. The summed E-state index contributed by atoms with van der Waals surface area (Å²) in [6.07, 6.45) is 2.87. The summed E-state index contributed by atoms with van der Waals surface area (Å²) in [5.41, 5.74) is 1.49. The number of carbonyl (C=O) groups is 1. The van der Waals surface area contributed by atoms with E-state index in [1.54, 1.807) is 23.5 Å². The number of carbonyl (C=O) groups excluding carboxylic acids is 1. The van der Waals surface area contributed by atoms with Gasteiger partial charge in [-0.25, -0.2) is 9.78 Å². The summed E-state index contributed by atoms with van der Waals surface area (Å²) in [5.74, 6) is 0.245. The van der Waals surface area contributed by atoms with Crippen LogP contribution in [0.25, 0.3) is 6.08 Å². The van der Waals surface area contributed by atoms with E-state index in [4.69, 9.17) is 9.47 Å². The number of para-hydroxylation sites is 1. The lowest BCUT2D eigenvalue weighted by Crippen LogP contribution is -2.04. The maximum atomic E-state index is 12.0. The number of benzene rings is 2. The Labute approximate surface area is 165 Å². The van der Waals surface area contributed by atoms with E-state index in [2.05, 4.69) is 4.98 Å². The highest BCUT2D eigenvalue weighted by Gasteiger charge is 2.07. The standard InChI is InChI=1S/C20H16N2O5S/c1-14-21-16(13-28-14)12-26-19-5-3-2-4-15(19)6-11-20(23)27-18-9-7-17(8-10-18)22(24)25/h2-11,13H,12H2,1H3/b11-6+. The summed E-state index contributed by atoms with van der Waals surface area (Å²) < 4.78 is 10.9. The molecule has 0 saturated heterocycles. The molecule has 0 aliphatic rings. The Hall–Kier alpha value is -3.52. The minimum atomic E-state index is -0.598. The van der Waals surface area contributed by atoms with Crippen LogP contribution in [0.1, 0.15) is 16.3 Å². The van der Waals surface area contributed by atoms with Gasteiger partial charge in [0.1, 0.15) is 18.1 Å². The summed E-state index contributed by atoms with van der Waals surface area (Å²) in [5, 5.41) is 13.6. The number of esters is 1. The molecule has 0 atom stereocenters. The molecule has 0 saturated carbocycles. The Morgan fingerprint density at radius 1 is 1.21 bits per heavy atom. The molecule has 0 spiro atoms. The number of nitro groups is 1. The molecular formula is C20H16N2O5S. The first kappa shape index (κ1) is 19.2. The van der Waals surface area contributed by atoms with Crippen molar-refractivity contribution >= 4 is 29.1 Å². The molecule has 1 heterocycles. The van der Waals surface area contributed by atoms with Gasteiger partial charge < -0.3 is 9.47 Å². The Balaban J connectivity index is 1.63. The Bertz CT molecular complexity index is 1010. The van der Waals surface area contributed by atoms with E-state index < -0.39 is 10.9 Å². The lowest BCUT2D eigenvalue weighted by molar-refractivity contribution is -0.384. The summed E-state index contributed by atoms with van der Waals surface area (Å²) in [4.78, 5) is 26.5. The van der Waals surface area contributed by atoms with Crippen LogP contribution >= 0.6 is 11.3 Å². The van der Waals surface area contributed by atoms with Gasteiger partial charge in [-0.3, -0.25) is 10.1 Å². The van der Waals surface area contributed by atoms with Crippen molar-refractivity contribution in [3.8, 4) is 11.5 Å². The van der Waals surface area contributed by atoms with E-state index in [0.717, 1.165) is 16.3 Å². The number of ether oxygens (including phenoxy) is 2. The number of rotatable bonds is 7. The minimum Gasteiger partial charge on any atom is -0.487 e. The van der Waals surface area contributed by atoms with Crippen LogP contribution in [0.15, 0.2) is 60.0 Å². The number of aromatic nitrogens is 1. The zero-order valence-corrected chi connectivity index (χ0v) is 15.7. The third kappa shape index (κ3) is 5.24. The molecule has 7 nitrogen and oxygen atoms in total. The van der Waals surface area contributed by atoms with Gasteiger partial charge in [0.2, 0.25) is 0 Å². The molecule has 28 heavy (non-hydrogen) atoms. The van der Waals surface area contributed by atoms with Crippen molar-refractivity contribution in [3.63, 3.8) is 0 Å². The third-order valence-corrected chi connectivity index (χ3v) is 4.45. The molecule has 0 amide bonds. The number of aryl methyl sites for hydroxylation is 1. The molecule has 0 unspecified atom stereocenters. The van der Waals surface area contributed by atoms with Gasteiger partial charge in [0.05, 0.1) is 15.6 Å². The second-order valence-electron chi connectivity index (χ2n) is 5.69. The molecule has 142 valence electrons. The monoisotopic (exact) mass is 396 g/mol. The highest BCUT2D eigenvalue weighted by molar-refractivity contribution is 7.09. The van der Waals surface area contributed by atoms with E-state index in [9.17, 15) is 14.9 Å². The highest BCUT2D eigenvalue weighted by atomic mass is 32.1.